The molecule has 0 atom stereocenters. The lowest BCUT2D eigenvalue weighted by Gasteiger charge is -2.22. The zero-order valence-electron chi connectivity index (χ0n) is 16.9. The third-order valence-corrected chi connectivity index (χ3v) is 6.75. The molecule has 2 fully saturated rings. The first-order valence-corrected chi connectivity index (χ1v) is 11.3. The molecule has 1 aromatic carbocycles. The van der Waals surface area contributed by atoms with Gasteiger partial charge in [0, 0.05) is 32.6 Å². The topological polar surface area (TPSA) is 49.9 Å². The van der Waals surface area contributed by atoms with Crippen LogP contribution in [0.2, 0.25) is 0 Å². The van der Waals surface area contributed by atoms with Crippen molar-refractivity contribution in [1.82, 2.24) is 9.80 Å². The number of benzene rings is 1. The molecule has 1 aromatic heterocycles. The Morgan fingerprint density at radius 2 is 1.76 bits per heavy atom. The maximum absolute atomic E-state index is 13.0. The van der Waals surface area contributed by atoms with Crippen LogP contribution in [0, 0.1) is 0 Å². The molecule has 0 radical (unpaired) electrons. The van der Waals surface area contributed by atoms with Crippen molar-refractivity contribution in [2.75, 3.05) is 33.3 Å². The minimum absolute atomic E-state index is 0.148. The number of hydrogen-bond donors (Lipinski definition) is 0. The summed E-state index contributed by atoms with van der Waals surface area (Å²) < 4.78 is 5.18. The summed E-state index contributed by atoms with van der Waals surface area (Å²) in [4.78, 5) is 30.5. The van der Waals surface area contributed by atoms with Crippen molar-refractivity contribution in [1.29, 1.82) is 0 Å². The van der Waals surface area contributed by atoms with Gasteiger partial charge in [0.25, 0.3) is 5.91 Å². The highest BCUT2D eigenvalue weighted by molar-refractivity contribution is 7.12. The van der Waals surface area contributed by atoms with Gasteiger partial charge in [0.1, 0.15) is 5.75 Å². The van der Waals surface area contributed by atoms with E-state index in [-0.39, 0.29) is 11.8 Å². The van der Waals surface area contributed by atoms with E-state index >= 15 is 0 Å². The second-order valence-electron chi connectivity index (χ2n) is 7.85. The van der Waals surface area contributed by atoms with E-state index in [1.165, 1.54) is 18.4 Å². The molecule has 2 amide bonds. The minimum atomic E-state index is 0.148. The SMILES string of the molecule is COc1ccc(CCC(=O)N2CCCN(C(=O)c3sccc3C3CC3)CC2)cc1. The van der Waals surface area contributed by atoms with E-state index in [1.54, 1.807) is 18.4 Å². The summed E-state index contributed by atoms with van der Waals surface area (Å²) in [5, 5.41) is 2.04. The van der Waals surface area contributed by atoms with Crippen LogP contribution in [0.1, 0.15) is 52.4 Å². The lowest BCUT2D eigenvalue weighted by Crippen LogP contribution is -2.37. The fraction of sp³-hybridized carbons (Fsp3) is 0.478. The van der Waals surface area contributed by atoms with Crippen molar-refractivity contribution >= 4 is 23.2 Å². The number of hydrogen-bond acceptors (Lipinski definition) is 4. The molecule has 154 valence electrons. The van der Waals surface area contributed by atoms with Crippen LogP contribution in [0.25, 0.3) is 0 Å². The van der Waals surface area contributed by atoms with E-state index in [9.17, 15) is 9.59 Å². The molecule has 2 aliphatic rings. The number of amides is 2. The Labute approximate surface area is 176 Å². The maximum atomic E-state index is 13.0. The molecule has 2 heterocycles. The van der Waals surface area contributed by atoms with E-state index in [0.717, 1.165) is 42.1 Å². The molecule has 1 aliphatic carbocycles. The molecule has 6 heteroatoms. The summed E-state index contributed by atoms with van der Waals surface area (Å²) in [6.07, 6.45) is 4.46. The number of aryl methyl sites for hydroxylation is 1. The van der Waals surface area contributed by atoms with Gasteiger partial charge in [-0.3, -0.25) is 9.59 Å². The predicted molar refractivity (Wildman–Crippen MR) is 115 cm³/mol. The second kappa shape index (κ2) is 8.99. The van der Waals surface area contributed by atoms with E-state index < -0.39 is 0 Å². The largest absolute Gasteiger partial charge is 0.497 e. The molecule has 0 unspecified atom stereocenters. The normalized spacial score (nSPS) is 17.1. The number of nitrogens with zero attached hydrogens (tertiary/aromatic N) is 2. The van der Waals surface area contributed by atoms with Gasteiger partial charge in [-0.2, -0.15) is 0 Å². The first-order valence-electron chi connectivity index (χ1n) is 10.4. The number of ether oxygens (including phenoxy) is 1. The predicted octanol–water partition coefficient (Wildman–Crippen LogP) is 3.94. The van der Waals surface area contributed by atoms with Crippen molar-refractivity contribution in [2.45, 2.75) is 38.0 Å². The fourth-order valence-electron chi connectivity index (χ4n) is 3.92. The van der Waals surface area contributed by atoms with Crippen LogP contribution in [0.15, 0.2) is 35.7 Å². The van der Waals surface area contributed by atoms with Gasteiger partial charge in [0.15, 0.2) is 0 Å². The zero-order valence-corrected chi connectivity index (χ0v) is 17.7. The number of thiophene rings is 1. The molecule has 0 spiro atoms. The van der Waals surface area contributed by atoms with Gasteiger partial charge < -0.3 is 14.5 Å². The molecule has 29 heavy (non-hydrogen) atoms. The Bertz CT molecular complexity index is 857. The third kappa shape index (κ3) is 4.81. The summed E-state index contributed by atoms with van der Waals surface area (Å²) in [5.74, 6) is 1.73. The van der Waals surface area contributed by atoms with Gasteiger partial charge >= 0.3 is 0 Å². The summed E-state index contributed by atoms with van der Waals surface area (Å²) in [7, 11) is 1.65. The van der Waals surface area contributed by atoms with Gasteiger partial charge in [-0.1, -0.05) is 12.1 Å². The molecular weight excluding hydrogens is 384 g/mol. The van der Waals surface area contributed by atoms with E-state index in [2.05, 4.69) is 6.07 Å². The molecule has 1 saturated carbocycles. The zero-order chi connectivity index (χ0) is 20.2. The monoisotopic (exact) mass is 412 g/mol. The molecular formula is C23H28N2O3S. The number of methoxy groups -OCH3 is 1. The number of carbonyl (C=O) groups is 2. The molecule has 5 nitrogen and oxygen atoms in total. The highest BCUT2D eigenvalue weighted by Gasteiger charge is 2.31. The second-order valence-corrected chi connectivity index (χ2v) is 8.77. The van der Waals surface area contributed by atoms with Crippen molar-refractivity contribution in [3.63, 3.8) is 0 Å². The average Bonchev–Trinajstić information content (AvgIpc) is 3.53. The molecule has 0 N–H and O–H groups in total. The number of carbonyl (C=O) groups excluding carboxylic acids is 2. The van der Waals surface area contributed by atoms with Crippen LogP contribution in [-0.2, 0) is 11.2 Å². The van der Waals surface area contributed by atoms with Gasteiger partial charge in [0.05, 0.1) is 12.0 Å². The van der Waals surface area contributed by atoms with E-state index in [0.29, 0.717) is 25.4 Å². The number of rotatable bonds is 6. The average molecular weight is 413 g/mol. The Balaban J connectivity index is 1.30. The molecule has 1 aliphatic heterocycles. The van der Waals surface area contributed by atoms with Gasteiger partial charge in [-0.25, -0.2) is 0 Å². The first-order chi connectivity index (χ1) is 14.2. The summed E-state index contributed by atoms with van der Waals surface area (Å²) in [6.45, 7) is 2.70. The van der Waals surface area contributed by atoms with Crippen LogP contribution in [0.3, 0.4) is 0 Å². The Kier molecular flexibility index (Phi) is 6.19. The summed E-state index contributed by atoms with van der Waals surface area (Å²) in [6, 6.07) is 9.98. The minimum Gasteiger partial charge on any atom is -0.497 e. The highest BCUT2D eigenvalue weighted by Crippen LogP contribution is 2.43. The van der Waals surface area contributed by atoms with Crippen molar-refractivity contribution in [3.8, 4) is 5.75 Å². The third-order valence-electron chi connectivity index (χ3n) is 5.83. The highest BCUT2D eigenvalue weighted by atomic mass is 32.1. The van der Waals surface area contributed by atoms with Crippen molar-refractivity contribution in [3.05, 3.63) is 51.7 Å². The Morgan fingerprint density at radius 1 is 1.03 bits per heavy atom. The van der Waals surface area contributed by atoms with Gasteiger partial charge in [0.2, 0.25) is 5.91 Å². The first kappa shape index (κ1) is 20.0. The maximum Gasteiger partial charge on any atom is 0.264 e. The van der Waals surface area contributed by atoms with Crippen LogP contribution in [0.4, 0.5) is 0 Å². The summed E-state index contributed by atoms with van der Waals surface area (Å²) in [5.41, 5.74) is 2.37. The quantitative estimate of drug-likeness (QED) is 0.722. The molecule has 4 rings (SSSR count). The molecule has 1 saturated heterocycles. The smallest absolute Gasteiger partial charge is 0.264 e. The van der Waals surface area contributed by atoms with E-state index in [1.807, 2.05) is 39.4 Å². The Hall–Kier alpha value is -2.34. The van der Waals surface area contributed by atoms with Crippen LogP contribution < -0.4 is 4.74 Å². The molecule has 2 aromatic rings. The van der Waals surface area contributed by atoms with Crippen LogP contribution >= 0.6 is 11.3 Å². The summed E-state index contributed by atoms with van der Waals surface area (Å²) >= 11 is 1.56. The van der Waals surface area contributed by atoms with Gasteiger partial charge in [-0.05, 0) is 66.3 Å². The van der Waals surface area contributed by atoms with Crippen molar-refractivity contribution in [2.24, 2.45) is 0 Å². The van der Waals surface area contributed by atoms with Crippen molar-refractivity contribution < 1.29 is 14.3 Å². The van der Waals surface area contributed by atoms with Crippen LogP contribution in [-0.4, -0.2) is 54.9 Å². The standard InChI is InChI=1S/C23H28N2O3S/c1-28-19-8-3-17(4-9-19)5-10-21(26)24-12-2-13-25(15-14-24)23(27)22-20(11-16-29-22)18-6-7-18/h3-4,8-9,11,16,18H,2,5-7,10,12-15H2,1H3. The Morgan fingerprint density at radius 3 is 2.48 bits per heavy atom. The molecule has 0 bridgehead atoms. The van der Waals surface area contributed by atoms with Crippen LogP contribution in [0.5, 0.6) is 5.75 Å². The fourth-order valence-corrected chi connectivity index (χ4v) is 4.88. The van der Waals surface area contributed by atoms with Gasteiger partial charge in [-0.15, -0.1) is 11.3 Å². The lowest BCUT2D eigenvalue weighted by molar-refractivity contribution is -0.131. The lowest BCUT2D eigenvalue weighted by atomic mass is 10.1. The van der Waals surface area contributed by atoms with E-state index in [4.69, 9.17) is 4.74 Å².